The third kappa shape index (κ3) is 2.61. The first-order valence-electron chi connectivity index (χ1n) is 4.64. The number of halogens is 2. The zero-order valence-electron chi connectivity index (χ0n) is 8.21. The Morgan fingerprint density at radius 3 is 2.50 bits per heavy atom. The predicted octanol–water partition coefficient (Wildman–Crippen LogP) is 4.04. The number of H-pyrrole nitrogens is 1. The van der Waals surface area contributed by atoms with Crippen LogP contribution in [-0.2, 0) is 6.42 Å². The topological polar surface area (TPSA) is 28.7 Å². The van der Waals surface area contributed by atoms with Crippen LogP contribution in [0.5, 0.6) is 0 Å². The Morgan fingerprint density at radius 1 is 1.19 bits per heavy atom. The number of nitrogens with one attached hydrogen (secondary N) is 1. The van der Waals surface area contributed by atoms with Gasteiger partial charge in [0.05, 0.1) is 0 Å². The van der Waals surface area contributed by atoms with Gasteiger partial charge in [-0.2, -0.15) is 0 Å². The van der Waals surface area contributed by atoms with Gasteiger partial charge in [0.2, 0.25) is 0 Å². The lowest BCUT2D eigenvalue weighted by Gasteiger charge is -2.05. The highest BCUT2D eigenvalue weighted by Gasteiger charge is 2.07. The van der Waals surface area contributed by atoms with Crippen molar-refractivity contribution in [2.24, 2.45) is 0 Å². The van der Waals surface area contributed by atoms with Crippen LogP contribution in [0.3, 0.4) is 0 Å². The van der Waals surface area contributed by atoms with Crippen molar-refractivity contribution in [3.8, 4) is 0 Å². The molecule has 0 aliphatic heterocycles. The highest BCUT2D eigenvalue weighted by Crippen LogP contribution is 2.25. The molecule has 1 aromatic carbocycles. The van der Waals surface area contributed by atoms with Gasteiger partial charge < -0.3 is 4.98 Å². The minimum atomic E-state index is 0.545. The van der Waals surface area contributed by atoms with E-state index in [9.17, 15) is 0 Å². The molecule has 0 spiro atoms. The Bertz CT molecular complexity index is 546. The van der Waals surface area contributed by atoms with Crippen LogP contribution in [0.15, 0.2) is 30.5 Å². The second-order valence-electron chi connectivity index (χ2n) is 3.26. The van der Waals surface area contributed by atoms with Gasteiger partial charge in [0.25, 0.3) is 0 Å². The molecule has 1 N–H and O–H groups in total. The number of hydrogen-bond donors (Lipinski definition) is 1. The van der Waals surface area contributed by atoms with E-state index in [-0.39, 0.29) is 0 Å². The number of aromatic nitrogens is 2. The standard InChI is InChI=1S/C11H8Cl2N2S/c12-8-2-1-3-9(13)7(8)6-10-14-5-4-11(16)15-10/h1-5H,6H2,(H,14,15,16). The number of benzene rings is 1. The number of nitrogens with zero attached hydrogens (tertiary/aromatic N) is 1. The van der Waals surface area contributed by atoms with E-state index in [1.807, 2.05) is 6.07 Å². The van der Waals surface area contributed by atoms with Gasteiger partial charge in [0.1, 0.15) is 10.5 Å². The fourth-order valence-corrected chi connectivity index (χ4v) is 2.08. The molecular weight excluding hydrogens is 263 g/mol. The van der Waals surface area contributed by atoms with Crippen molar-refractivity contribution in [1.29, 1.82) is 0 Å². The Kier molecular flexibility index (Phi) is 3.59. The van der Waals surface area contributed by atoms with Gasteiger partial charge in [0, 0.05) is 22.7 Å². The fourth-order valence-electron chi connectivity index (χ4n) is 1.37. The molecule has 0 amide bonds. The minimum Gasteiger partial charge on any atom is -0.335 e. The fraction of sp³-hybridized carbons (Fsp3) is 0.0909. The maximum absolute atomic E-state index is 6.07. The van der Waals surface area contributed by atoms with Gasteiger partial charge in [0.15, 0.2) is 0 Å². The Hall–Kier alpha value is -0.900. The van der Waals surface area contributed by atoms with Crippen molar-refractivity contribution in [2.75, 3.05) is 0 Å². The lowest BCUT2D eigenvalue weighted by molar-refractivity contribution is 0.960. The van der Waals surface area contributed by atoms with Crippen LogP contribution in [0.1, 0.15) is 11.4 Å². The molecule has 1 aromatic heterocycles. The first kappa shape index (κ1) is 11.6. The SMILES string of the molecule is S=c1ccnc(Cc2c(Cl)cccc2Cl)[nH]1. The minimum absolute atomic E-state index is 0.545. The monoisotopic (exact) mass is 270 g/mol. The van der Waals surface area contributed by atoms with Gasteiger partial charge in [-0.3, -0.25) is 0 Å². The molecule has 2 rings (SSSR count). The lowest BCUT2D eigenvalue weighted by Crippen LogP contribution is -1.97. The highest BCUT2D eigenvalue weighted by molar-refractivity contribution is 7.71. The van der Waals surface area contributed by atoms with Crippen molar-refractivity contribution >= 4 is 35.4 Å². The maximum Gasteiger partial charge on any atom is 0.111 e. The molecular formula is C11H8Cl2N2S. The van der Waals surface area contributed by atoms with E-state index in [0.717, 1.165) is 11.4 Å². The zero-order chi connectivity index (χ0) is 11.5. The molecule has 0 saturated heterocycles. The van der Waals surface area contributed by atoms with Crippen LogP contribution in [0, 0.1) is 4.64 Å². The molecule has 0 unspecified atom stereocenters. The molecule has 82 valence electrons. The van der Waals surface area contributed by atoms with Crippen LogP contribution in [-0.4, -0.2) is 9.97 Å². The van der Waals surface area contributed by atoms with E-state index in [1.54, 1.807) is 24.4 Å². The summed E-state index contributed by atoms with van der Waals surface area (Å²) in [6.07, 6.45) is 2.21. The molecule has 5 heteroatoms. The van der Waals surface area contributed by atoms with E-state index in [2.05, 4.69) is 9.97 Å². The maximum atomic E-state index is 6.07. The van der Waals surface area contributed by atoms with Gasteiger partial charge in [-0.15, -0.1) is 0 Å². The normalized spacial score (nSPS) is 10.4. The first-order valence-corrected chi connectivity index (χ1v) is 5.80. The molecule has 16 heavy (non-hydrogen) atoms. The molecule has 0 atom stereocenters. The summed E-state index contributed by atoms with van der Waals surface area (Å²) < 4.78 is 0.646. The van der Waals surface area contributed by atoms with Crippen molar-refractivity contribution in [3.63, 3.8) is 0 Å². The Balaban J connectivity index is 2.38. The van der Waals surface area contributed by atoms with Crippen LogP contribution in [0.2, 0.25) is 10.0 Å². The Labute approximate surface area is 108 Å². The van der Waals surface area contributed by atoms with Gasteiger partial charge in [-0.25, -0.2) is 4.98 Å². The molecule has 0 aliphatic rings. The summed E-state index contributed by atoms with van der Waals surface area (Å²) in [5.41, 5.74) is 0.857. The molecule has 0 aliphatic carbocycles. The summed E-state index contributed by atoms with van der Waals surface area (Å²) in [5.74, 6) is 0.752. The lowest BCUT2D eigenvalue weighted by atomic mass is 10.1. The Morgan fingerprint density at radius 2 is 1.88 bits per heavy atom. The van der Waals surface area contributed by atoms with Gasteiger partial charge in [-0.1, -0.05) is 41.5 Å². The third-order valence-corrected chi connectivity index (χ3v) is 3.08. The van der Waals surface area contributed by atoms with Gasteiger partial charge >= 0.3 is 0 Å². The molecule has 0 saturated carbocycles. The largest absolute Gasteiger partial charge is 0.335 e. The summed E-state index contributed by atoms with van der Waals surface area (Å²) >= 11 is 17.2. The summed E-state index contributed by atoms with van der Waals surface area (Å²) in [6, 6.07) is 7.16. The predicted molar refractivity (Wildman–Crippen MR) is 68.7 cm³/mol. The summed E-state index contributed by atoms with van der Waals surface area (Å²) in [4.78, 5) is 7.17. The number of rotatable bonds is 2. The summed E-state index contributed by atoms with van der Waals surface area (Å²) in [6.45, 7) is 0. The van der Waals surface area contributed by atoms with E-state index in [1.165, 1.54) is 0 Å². The average molecular weight is 271 g/mol. The summed E-state index contributed by atoms with van der Waals surface area (Å²) in [5, 5.41) is 1.27. The molecule has 0 radical (unpaired) electrons. The van der Waals surface area contributed by atoms with Crippen molar-refractivity contribution in [1.82, 2.24) is 9.97 Å². The number of aromatic amines is 1. The van der Waals surface area contributed by atoms with Gasteiger partial charge in [-0.05, 0) is 23.8 Å². The van der Waals surface area contributed by atoms with Crippen LogP contribution >= 0.6 is 35.4 Å². The van der Waals surface area contributed by atoms with E-state index in [4.69, 9.17) is 35.4 Å². The van der Waals surface area contributed by atoms with Crippen molar-refractivity contribution in [3.05, 3.63) is 56.5 Å². The first-order chi connectivity index (χ1) is 7.66. The van der Waals surface area contributed by atoms with Crippen molar-refractivity contribution in [2.45, 2.75) is 6.42 Å². The number of hydrogen-bond acceptors (Lipinski definition) is 2. The molecule has 0 bridgehead atoms. The second kappa shape index (κ2) is 4.95. The molecule has 0 fully saturated rings. The zero-order valence-corrected chi connectivity index (χ0v) is 10.5. The van der Waals surface area contributed by atoms with Crippen LogP contribution in [0.25, 0.3) is 0 Å². The van der Waals surface area contributed by atoms with E-state index >= 15 is 0 Å². The summed E-state index contributed by atoms with van der Waals surface area (Å²) in [7, 11) is 0. The smallest absolute Gasteiger partial charge is 0.111 e. The average Bonchev–Trinajstić information content (AvgIpc) is 2.24. The second-order valence-corrected chi connectivity index (χ2v) is 4.51. The third-order valence-electron chi connectivity index (χ3n) is 2.13. The molecule has 2 aromatic rings. The molecule has 2 nitrogen and oxygen atoms in total. The molecule has 1 heterocycles. The van der Waals surface area contributed by atoms with E-state index in [0.29, 0.717) is 21.1 Å². The van der Waals surface area contributed by atoms with Crippen molar-refractivity contribution < 1.29 is 0 Å². The van der Waals surface area contributed by atoms with E-state index < -0.39 is 0 Å². The van der Waals surface area contributed by atoms with Crippen LogP contribution < -0.4 is 0 Å². The quantitative estimate of drug-likeness (QED) is 0.835. The van der Waals surface area contributed by atoms with Crippen LogP contribution in [0.4, 0.5) is 0 Å². The highest BCUT2D eigenvalue weighted by atomic mass is 35.5.